The number of carbonyl (C=O) groups excluding carboxylic acids is 2. The molecule has 4 heterocycles. The van der Waals surface area contributed by atoms with Crippen molar-refractivity contribution in [1.82, 2.24) is 14.8 Å². The molecule has 3 N–H and O–H groups in total. The maximum Gasteiger partial charge on any atom is 0.299 e. The van der Waals surface area contributed by atoms with Crippen LogP contribution in [0.1, 0.15) is 94.8 Å². The molecule has 6 nitrogen and oxygen atoms in total. The molecule has 234 valence electrons. The van der Waals surface area contributed by atoms with E-state index in [2.05, 4.69) is 68.0 Å². The van der Waals surface area contributed by atoms with E-state index in [1.165, 1.54) is 16.0 Å². The van der Waals surface area contributed by atoms with Crippen LogP contribution >= 0.6 is 11.3 Å². The number of rotatable bonds is 5. The first-order valence-electron chi connectivity index (χ1n) is 16.0. The smallest absolute Gasteiger partial charge is 0.299 e. The second kappa shape index (κ2) is 12.9. The fourth-order valence-corrected chi connectivity index (χ4v) is 8.42. The van der Waals surface area contributed by atoms with E-state index in [9.17, 15) is 9.59 Å². The van der Waals surface area contributed by atoms with Crippen LogP contribution in [0.4, 0.5) is 5.69 Å². The molecular formula is C39H40N4O2S. The van der Waals surface area contributed by atoms with Gasteiger partial charge in [-0.2, -0.15) is 0 Å². The Balaban J connectivity index is 1.41. The van der Waals surface area contributed by atoms with Crippen molar-refractivity contribution in [3.05, 3.63) is 110 Å². The molecule has 2 aliphatic rings. The third-order valence-corrected chi connectivity index (χ3v) is 10.8. The molecule has 0 saturated carbocycles. The molecule has 4 atom stereocenters. The number of nitrogen functional groups attached to an aromatic ring is 1. The van der Waals surface area contributed by atoms with Gasteiger partial charge in [0.1, 0.15) is 0 Å². The summed E-state index contributed by atoms with van der Waals surface area (Å²) in [5.74, 6) is 8.09. The SMILES string of the molecule is C#CC(=O)N1[C@@H](CCCC)Cc2c([nH]c(C#CC(=O)N3[C@@H](c4ccccc4)c4scc(C)c4C[C@@H]3C)c2C)[C@@H]1c1ccc(N)cc1. The Hall–Kier alpha value is -4.72. The van der Waals surface area contributed by atoms with Gasteiger partial charge in [-0.05, 0) is 103 Å². The number of terminal acetylenes is 1. The first-order chi connectivity index (χ1) is 22.2. The number of nitrogens with one attached hydrogen (secondary N) is 1. The summed E-state index contributed by atoms with van der Waals surface area (Å²) in [4.78, 5) is 35.9. The van der Waals surface area contributed by atoms with Gasteiger partial charge in [-0.25, -0.2) is 0 Å². The highest BCUT2D eigenvalue weighted by molar-refractivity contribution is 7.10. The second-order valence-electron chi connectivity index (χ2n) is 12.5. The number of fused-ring (bicyclic) bond motifs is 2. The van der Waals surface area contributed by atoms with Crippen LogP contribution in [0.5, 0.6) is 0 Å². The number of thiophene rings is 1. The van der Waals surface area contributed by atoms with Crippen LogP contribution in [0.2, 0.25) is 0 Å². The van der Waals surface area contributed by atoms with Gasteiger partial charge >= 0.3 is 0 Å². The van der Waals surface area contributed by atoms with Gasteiger partial charge in [0.05, 0.1) is 17.8 Å². The van der Waals surface area contributed by atoms with E-state index in [0.29, 0.717) is 17.8 Å². The van der Waals surface area contributed by atoms with Crippen LogP contribution in [0, 0.1) is 38.0 Å². The van der Waals surface area contributed by atoms with Gasteiger partial charge in [0.25, 0.3) is 11.8 Å². The molecule has 4 aromatic rings. The van der Waals surface area contributed by atoms with Crippen molar-refractivity contribution < 1.29 is 9.59 Å². The number of nitrogens with zero attached hydrogens (tertiary/aromatic N) is 2. The predicted octanol–water partition coefficient (Wildman–Crippen LogP) is 6.86. The number of amides is 2. The number of carbonyl (C=O) groups is 2. The van der Waals surface area contributed by atoms with Gasteiger partial charge in [-0.1, -0.05) is 62.2 Å². The summed E-state index contributed by atoms with van der Waals surface area (Å²) in [5, 5.41) is 2.19. The van der Waals surface area contributed by atoms with Gasteiger partial charge < -0.3 is 20.5 Å². The number of H-pyrrole nitrogens is 1. The normalized spacial score (nSPS) is 20.2. The van der Waals surface area contributed by atoms with Crippen molar-refractivity contribution in [3.8, 4) is 24.2 Å². The quantitative estimate of drug-likeness (QED) is 0.187. The number of hydrogen-bond acceptors (Lipinski definition) is 4. The average molecular weight is 629 g/mol. The van der Waals surface area contributed by atoms with Crippen LogP contribution < -0.4 is 5.73 Å². The molecule has 46 heavy (non-hydrogen) atoms. The first kappa shape index (κ1) is 31.3. The van der Waals surface area contributed by atoms with Crippen molar-refractivity contribution in [2.75, 3.05) is 5.73 Å². The zero-order valence-electron chi connectivity index (χ0n) is 26.9. The van der Waals surface area contributed by atoms with Gasteiger partial charge in [-0.3, -0.25) is 9.59 Å². The van der Waals surface area contributed by atoms with Crippen molar-refractivity contribution in [2.45, 2.75) is 84.0 Å². The Morgan fingerprint density at radius 2 is 1.70 bits per heavy atom. The van der Waals surface area contributed by atoms with Crippen molar-refractivity contribution in [3.63, 3.8) is 0 Å². The number of benzene rings is 2. The Labute approximate surface area is 276 Å². The summed E-state index contributed by atoms with van der Waals surface area (Å²) >= 11 is 1.72. The molecular weight excluding hydrogens is 589 g/mol. The van der Waals surface area contributed by atoms with Gasteiger partial charge in [0.2, 0.25) is 0 Å². The lowest BCUT2D eigenvalue weighted by Gasteiger charge is -2.41. The van der Waals surface area contributed by atoms with Gasteiger partial charge in [-0.15, -0.1) is 17.8 Å². The molecule has 0 fully saturated rings. The molecule has 2 amide bonds. The number of nitrogens with two attached hydrogens (primary N) is 1. The molecule has 0 bridgehead atoms. The first-order valence-corrected chi connectivity index (χ1v) is 16.9. The highest BCUT2D eigenvalue weighted by Gasteiger charge is 2.41. The maximum atomic E-state index is 14.1. The molecule has 7 heteroatoms. The highest BCUT2D eigenvalue weighted by Crippen LogP contribution is 2.43. The van der Waals surface area contributed by atoms with E-state index in [1.54, 1.807) is 11.3 Å². The summed E-state index contributed by atoms with van der Waals surface area (Å²) in [6.45, 7) is 8.46. The Morgan fingerprint density at radius 3 is 2.39 bits per heavy atom. The molecule has 2 aromatic carbocycles. The topological polar surface area (TPSA) is 82.4 Å². The summed E-state index contributed by atoms with van der Waals surface area (Å²) in [6.07, 6.45) is 10.0. The average Bonchev–Trinajstić information content (AvgIpc) is 3.59. The van der Waals surface area contributed by atoms with Crippen molar-refractivity contribution in [2.24, 2.45) is 0 Å². The third kappa shape index (κ3) is 5.61. The fraction of sp³-hybridized carbons (Fsp3) is 0.333. The largest absolute Gasteiger partial charge is 0.399 e. The van der Waals surface area contributed by atoms with Gasteiger partial charge in [0, 0.05) is 34.3 Å². The van der Waals surface area contributed by atoms with Crippen molar-refractivity contribution >= 4 is 28.8 Å². The lowest BCUT2D eigenvalue weighted by atomic mass is 9.85. The number of anilines is 1. The Bertz CT molecular complexity index is 1870. The molecule has 6 rings (SSSR count). The maximum absolute atomic E-state index is 14.1. The minimum atomic E-state index is -0.412. The van der Waals surface area contributed by atoms with Crippen molar-refractivity contribution in [1.29, 1.82) is 0 Å². The summed E-state index contributed by atoms with van der Waals surface area (Å²) < 4.78 is 0. The second-order valence-corrected chi connectivity index (χ2v) is 13.4. The van der Waals surface area contributed by atoms with Crippen LogP contribution in [0.3, 0.4) is 0 Å². The number of unbranched alkanes of at least 4 members (excludes halogenated alkanes) is 1. The van der Waals surface area contributed by atoms with Crippen LogP contribution in [-0.4, -0.2) is 38.7 Å². The summed E-state index contributed by atoms with van der Waals surface area (Å²) in [6, 6.07) is 17.2. The Kier molecular flexibility index (Phi) is 8.80. The zero-order valence-corrected chi connectivity index (χ0v) is 27.7. The van der Waals surface area contributed by atoms with E-state index >= 15 is 0 Å². The number of aryl methyl sites for hydroxylation is 1. The lowest BCUT2D eigenvalue weighted by molar-refractivity contribution is -0.130. The molecule has 2 aromatic heterocycles. The predicted molar refractivity (Wildman–Crippen MR) is 185 cm³/mol. The standard InChI is InChI=1S/C39H40N4O2S/c1-6-8-14-30-22-32-26(5)33(41-36(32)37(43(30)34(44)7-2)28-15-17-29(40)18-16-28)19-20-35(45)42-25(4)21-31-24(3)23-46-39(31)38(42)27-12-10-9-11-13-27/h2,9-13,15-18,23,25,30,37-38,41H,6,8,14,21-22,40H2,1,3-5H3/t25-,30-,37-,38-/m0/s1. The summed E-state index contributed by atoms with van der Waals surface area (Å²) in [7, 11) is 0. The number of hydrogen-bond donors (Lipinski definition) is 2. The molecule has 0 saturated heterocycles. The minimum absolute atomic E-state index is 0.0108. The fourth-order valence-electron chi connectivity index (χ4n) is 7.21. The monoisotopic (exact) mass is 628 g/mol. The van der Waals surface area contributed by atoms with Crippen LogP contribution in [0.15, 0.2) is 60.0 Å². The number of aromatic nitrogens is 1. The molecule has 0 spiro atoms. The summed E-state index contributed by atoms with van der Waals surface area (Å²) in [5.41, 5.74) is 15.0. The van der Waals surface area contributed by atoms with E-state index in [4.69, 9.17) is 12.2 Å². The number of aromatic amines is 1. The van der Waals surface area contributed by atoms with Crippen LogP contribution in [-0.2, 0) is 22.4 Å². The molecule has 0 radical (unpaired) electrons. The van der Waals surface area contributed by atoms with E-state index in [1.807, 2.05) is 52.3 Å². The molecule has 2 aliphatic heterocycles. The Morgan fingerprint density at radius 1 is 0.978 bits per heavy atom. The highest BCUT2D eigenvalue weighted by atomic mass is 32.1. The van der Waals surface area contributed by atoms with E-state index < -0.39 is 6.04 Å². The van der Waals surface area contributed by atoms with E-state index in [0.717, 1.165) is 53.6 Å². The van der Waals surface area contributed by atoms with Crippen LogP contribution in [0.25, 0.3) is 0 Å². The molecule has 0 unspecified atom stereocenters. The third-order valence-electron chi connectivity index (χ3n) is 9.58. The minimum Gasteiger partial charge on any atom is -0.399 e. The van der Waals surface area contributed by atoms with E-state index in [-0.39, 0.29) is 29.9 Å². The zero-order chi connectivity index (χ0) is 32.5. The molecule has 0 aliphatic carbocycles. The van der Waals surface area contributed by atoms with Gasteiger partial charge in [0.15, 0.2) is 0 Å². The lowest BCUT2D eigenvalue weighted by Crippen LogP contribution is -2.47.